The van der Waals surface area contributed by atoms with Crippen molar-refractivity contribution in [1.82, 2.24) is 0 Å². The van der Waals surface area contributed by atoms with E-state index in [0.717, 1.165) is 46.8 Å². The zero-order valence-corrected chi connectivity index (χ0v) is 20.5. The molecule has 2 aromatic carbocycles. The van der Waals surface area contributed by atoms with Gasteiger partial charge in [-0.05, 0) is 69.0 Å². The van der Waals surface area contributed by atoms with Gasteiger partial charge >= 0.3 is 0 Å². The van der Waals surface area contributed by atoms with Gasteiger partial charge in [-0.1, -0.05) is 82.4 Å². The maximum atomic E-state index is 6.02. The summed E-state index contributed by atoms with van der Waals surface area (Å²) < 4.78 is 6.02. The molecule has 2 rings (SSSR count). The number of aryl methyl sites for hydroxylation is 4. The lowest BCUT2D eigenvalue weighted by Crippen LogP contribution is -1.98. The van der Waals surface area contributed by atoms with Crippen LogP contribution in [0.25, 0.3) is 0 Å². The first-order chi connectivity index (χ1) is 15.0. The number of unbranched alkanes of at least 4 members (excludes halogenated alkanes) is 9. The van der Waals surface area contributed by atoms with Crippen molar-refractivity contribution in [3.8, 4) is 5.75 Å². The van der Waals surface area contributed by atoms with Gasteiger partial charge in [-0.2, -0.15) is 5.11 Å². The van der Waals surface area contributed by atoms with E-state index in [1.807, 2.05) is 6.07 Å². The van der Waals surface area contributed by atoms with Crippen LogP contribution in [0.4, 0.5) is 11.4 Å². The third-order valence-electron chi connectivity index (χ3n) is 5.84. The normalized spacial score (nSPS) is 11.4. The summed E-state index contributed by atoms with van der Waals surface area (Å²) in [6.45, 7) is 11.4. The molecule has 0 spiro atoms. The van der Waals surface area contributed by atoms with E-state index in [1.165, 1.54) is 63.4 Å². The molecule has 0 fully saturated rings. The standard InChI is InChI=1S/C28H42N2O/c1-6-7-8-9-10-11-12-13-14-15-18-31-26-20-24(4)28(25(5)21-26)30-29-27-17-16-22(2)19-23(27)3/h16-17,19-21H,6-15,18H2,1-5H3/b30-29+. The highest BCUT2D eigenvalue weighted by molar-refractivity contribution is 5.56. The van der Waals surface area contributed by atoms with E-state index in [9.17, 15) is 0 Å². The molecule has 0 aliphatic carbocycles. The minimum Gasteiger partial charge on any atom is -0.494 e. The Labute approximate surface area is 190 Å². The van der Waals surface area contributed by atoms with Gasteiger partial charge in [0, 0.05) is 0 Å². The Morgan fingerprint density at radius 3 is 1.81 bits per heavy atom. The Hall–Kier alpha value is -2.16. The summed E-state index contributed by atoms with van der Waals surface area (Å²) in [5.74, 6) is 0.941. The van der Waals surface area contributed by atoms with Crippen molar-refractivity contribution in [3.05, 3.63) is 52.6 Å². The van der Waals surface area contributed by atoms with Crippen molar-refractivity contribution in [3.63, 3.8) is 0 Å². The summed E-state index contributed by atoms with van der Waals surface area (Å²) in [6.07, 6.45) is 13.4. The number of rotatable bonds is 14. The topological polar surface area (TPSA) is 34.0 Å². The highest BCUT2D eigenvalue weighted by Crippen LogP contribution is 2.31. The fraction of sp³-hybridized carbons (Fsp3) is 0.571. The van der Waals surface area contributed by atoms with Crippen LogP contribution in [0.1, 0.15) is 93.4 Å². The zero-order valence-electron chi connectivity index (χ0n) is 20.5. The highest BCUT2D eigenvalue weighted by atomic mass is 16.5. The van der Waals surface area contributed by atoms with Crippen molar-refractivity contribution in [2.75, 3.05) is 6.61 Å². The number of hydrogen-bond acceptors (Lipinski definition) is 3. The van der Waals surface area contributed by atoms with E-state index < -0.39 is 0 Å². The van der Waals surface area contributed by atoms with E-state index in [0.29, 0.717) is 0 Å². The number of benzene rings is 2. The summed E-state index contributed by atoms with van der Waals surface area (Å²) in [6, 6.07) is 10.4. The molecule has 0 saturated carbocycles. The third kappa shape index (κ3) is 9.25. The molecule has 0 aliphatic rings. The molecule has 0 saturated heterocycles. The second kappa shape index (κ2) is 14.0. The monoisotopic (exact) mass is 422 g/mol. The Morgan fingerprint density at radius 2 is 1.23 bits per heavy atom. The Kier molecular flexibility index (Phi) is 11.3. The van der Waals surface area contributed by atoms with Crippen molar-refractivity contribution in [2.24, 2.45) is 10.2 Å². The average Bonchev–Trinajstić information content (AvgIpc) is 2.72. The minimum atomic E-state index is 0.790. The SMILES string of the molecule is CCCCCCCCCCCCOc1cc(C)c(/N=N/c2ccc(C)cc2C)c(C)c1. The van der Waals surface area contributed by atoms with E-state index in [-0.39, 0.29) is 0 Å². The first kappa shape index (κ1) is 25.1. The average molecular weight is 423 g/mol. The minimum absolute atomic E-state index is 0.790. The molecular weight excluding hydrogens is 380 g/mol. The molecule has 0 unspecified atom stereocenters. The lowest BCUT2D eigenvalue weighted by atomic mass is 10.1. The molecule has 2 aromatic rings. The second-order valence-corrected chi connectivity index (χ2v) is 8.93. The number of nitrogens with zero attached hydrogens (tertiary/aromatic N) is 2. The summed E-state index contributed by atoms with van der Waals surface area (Å²) in [4.78, 5) is 0. The van der Waals surface area contributed by atoms with E-state index in [4.69, 9.17) is 4.74 Å². The van der Waals surface area contributed by atoms with Crippen LogP contribution in [0.2, 0.25) is 0 Å². The zero-order chi connectivity index (χ0) is 22.5. The quantitative estimate of drug-likeness (QED) is 0.220. The predicted molar refractivity (Wildman–Crippen MR) is 133 cm³/mol. The molecule has 31 heavy (non-hydrogen) atoms. The van der Waals surface area contributed by atoms with Crippen LogP contribution in [-0.2, 0) is 0 Å². The van der Waals surface area contributed by atoms with Crippen molar-refractivity contribution >= 4 is 11.4 Å². The van der Waals surface area contributed by atoms with Crippen LogP contribution < -0.4 is 4.74 Å². The number of ether oxygens (including phenoxy) is 1. The summed E-state index contributed by atoms with van der Waals surface area (Å²) in [5, 5.41) is 9.02. The van der Waals surface area contributed by atoms with Gasteiger partial charge in [-0.3, -0.25) is 0 Å². The van der Waals surface area contributed by atoms with E-state index >= 15 is 0 Å². The van der Waals surface area contributed by atoms with Crippen LogP contribution in [-0.4, -0.2) is 6.61 Å². The molecule has 0 bridgehead atoms. The first-order valence-corrected chi connectivity index (χ1v) is 12.2. The van der Waals surface area contributed by atoms with Crippen molar-refractivity contribution in [1.29, 1.82) is 0 Å². The van der Waals surface area contributed by atoms with E-state index in [2.05, 4.69) is 69.1 Å². The van der Waals surface area contributed by atoms with Crippen LogP contribution in [0.5, 0.6) is 5.75 Å². The molecule has 0 heterocycles. The molecule has 0 atom stereocenters. The van der Waals surface area contributed by atoms with E-state index in [1.54, 1.807) is 0 Å². The van der Waals surface area contributed by atoms with Crippen LogP contribution in [0, 0.1) is 27.7 Å². The highest BCUT2D eigenvalue weighted by Gasteiger charge is 2.06. The smallest absolute Gasteiger partial charge is 0.119 e. The third-order valence-corrected chi connectivity index (χ3v) is 5.84. The van der Waals surface area contributed by atoms with Gasteiger partial charge in [-0.25, -0.2) is 0 Å². The molecule has 0 aromatic heterocycles. The fourth-order valence-corrected chi connectivity index (χ4v) is 3.96. The Bertz CT molecular complexity index is 803. The molecule has 0 aliphatic heterocycles. The van der Waals surface area contributed by atoms with Crippen LogP contribution in [0.15, 0.2) is 40.6 Å². The number of hydrogen-bond donors (Lipinski definition) is 0. The fourth-order valence-electron chi connectivity index (χ4n) is 3.96. The molecule has 0 amide bonds. The van der Waals surface area contributed by atoms with Gasteiger partial charge in [-0.15, -0.1) is 5.11 Å². The maximum absolute atomic E-state index is 6.02. The lowest BCUT2D eigenvalue weighted by molar-refractivity contribution is 0.304. The molecular formula is C28H42N2O. The molecule has 0 N–H and O–H groups in total. The van der Waals surface area contributed by atoms with Gasteiger partial charge in [0.2, 0.25) is 0 Å². The Balaban J connectivity index is 1.73. The van der Waals surface area contributed by atoms with Crippen LogP contribution in [0.3, 0.4) is 0 Å². The molecule has 3 nitrogen and oxygen atoms in total. The molecule has 0 radical (unpaired) electrons. The lowest BCUT2D eigenvalue weighted by Gasteiger charge is -2.11. The van der Waals surface area contributed by atoms with Gasteiger partial charge in [0.1, 0.15) is 5.75 Å². The summed E-state index contributed by atoms with van der Waals surface area (Å²) >= 11 is 0. The first-order valence-electron chi connectivity index (χ1n) is 12.2. The summed E-state index contributed by atoms with van der Waals surface area (Å²) in [7, 11) is 0. The van der Waals surface area contributed by atoms with Gasteiger partial charge in [0.15, 0.2) is 0 Å². The van der Waals surface area contributed by atoms with Crippen LogP contribution >= 0.6 is 0 Å². The van der Waals surface area contributed by atoms with Gasteiger partial charge < -0.3 is 4.74 Å². The van der Waals surface area contributed by atoms with Gasteiger partial charge in [0.05, 0.1) is 18.0 Å². The molecule has 3 heteroatoms. The van der Waals surface area contributed by atoms with Crippen molar-refractivity contribution < 1.29 is 4.74 Å². The predicted octanol–water partition coefficient (Wildman–Crippen LogP) is 9.64. The second-order valence-electron chi connectivity index (χ2n) is 8.93. The van der Waals surface area contributed by atoms with Crippen molar-refractivity contribution in [2.45, 2.75) is 98.8 Å². The largest absolute Gasteiger partial charge is 0.494 e. The number of azo groups is 1. The summed E-state index contributed by atoms with van der Waals surface area (Å²) in [5.41, 5.74) is 6.46. The van der Waals surface area contributed by atoms with Gasteiger partial charge in [0.25, 0.3) is 0 Å². The molecule has 170 valence electrons. The Morgan fingerprint density at radius 1 is 0.645 bits per heavy atom. The maximum Gasteiger partial charge on any atom is 0.119 e.